The Labute approximate surface area is 411 Å². The van der Waals surface area contributed by atoms with E-state index < -0.39 is 35.4 Å². The molecule has 0 saturated carbocycles. The number of aryl methyl sites for hydroxylation is 1. The van der Waals surface area contributed by atoms with E-state index in [1.807, 2.05) is 88.8 Å². The molecule has 3 amide bonds. The number of aliphatic hydroxyl groups is 1. The molecule has 6 rings (SSSR count). The second-order valence-corrected chi connectivity index (χ2v) is 19.2. The van der Waals surface area contributed by atoms with Crippen molar-refractivity contribution in [3.8, 4) is 16.2 Å². The van der Waals surface area contributed by atoms with Crippen molar-refractivity contribution in [1.82, 2.24) is 25.4 Å². The minimum Gasteiger partial charge on any atom is -0.492 e. The van der Waals surface area contributed by atoms with Crippen molar-refractivity contribution in [2.45, 2.75) is 72.2 Å². The van der Waals surface area contributed by atoms with E-state index in [2.05, 4.69) is 88.1 Å². The number of carbonyl (C=O) groups is 3. The predicted molar refractivity (Wildman–Crippen MR) is 273 cm³/mol. The number of thiazole rings is 1. The molecule has 4 aromatic carbocycles. The van der Waals surface area contributed by atoms with Crippen LogP contribution in [0, 0.1) is 12.3 Å². The molecule has 0 spiro atoms. The highest BCUT2D eigenvalue weighted by Crippen LogP contribution is 2.35. The molecule has 0 aliphatic carbocycles. The lowest BCUT2D eigenvalue weighted by atomic mass is 9.85. The molecule has 5 aromatic rings. The van der Waals surface area contributed by atoms with Crippen LogP contribution in [0.25, 0.3) is 21.6 Å². The van der Waals surface area contributed by atoms with Gasteiger partial charge in [0.05, 0.1) is 55.2 Å². The van der Waals surface area contributed by atoms with Gasteiger partial charge < -0.3 is 44.5 Å². The van der Waals surface area contributed by atoms with Crippen molar-refractivity contribution in [2.24, 2.45) is 5.41 Å². The van der Waals surface area contributed by atoms with E-state index in [0.717, 1.165) is 52.5 Å². The van der Waals surface area contributed by atoms with Crippen LogP contribution in [0.5, 0.6) is 5.75 Å². The second-order valence-electron chi connectivity index (χ2n) is 18.3. The van der Waals surface area contributed by atoms with Gasteiger partial charge in [0.2, 0.25) is 17.7 Å². The van der Waals surface area contributed by atoms with Crippen molar-refractivity contribution in [2.75, 3.05) is 72.9 Å². The molecule has 1 aliphatic heterocycles. The number of rotatable bonds is 25. The first kappa shape index (κ1) is 52.6. The van der Waals surface area contributed by atoms with E-state index in [9.17, 15) is 19.5 Å². The molecule has 69 heavy (non-hydrogen) atoms. The summed E-state index contributed by atoms with van der Waals surface area (Å²) in [5.74, 6) is -0.436. The number of carbonyl (C=O) groups excluding carboxylic acids is 3. The Morgan fingerprint density at radius 3 is 2.04 bits per heavy atom. The van der Waals surface area contributed by atoms with Crippen LogP contribution in [0.2, 0.25) is 0 Å². The SMILES string of the molecule is CCC(=C(c1ccccc1)c1ccc(OCCN(C)CCOCCOCCOCC(=O)N[C@H](C(=O)N2C[C@H](O)C[C@H]2C(=O)NCc2ccc(-c3scnc3C)cc2)C(C)(C)C)cc1)c1ccccc1. The Balaban J connectivity index is 0.835. The Bertz CT molecular complexity index is 2400. The molecule has 0 unspecified atom stereocenters. The molecule has 13 nitrogen and oxygen atoms in total. The molecule has 1 saturated heterocycles. The quantitative estimate of drug-likeness (QED) is 0.0393. The molecule has 3 atom stereocenters. The van der Waals surface area contributed by atoms with Crippen LogP contribution in [0.3, 0.4) is 0 Å². The van der Waals surface area contributed by atoms with Crippen LogP contribution in [0.1, 0.15) is 68.5 Å². The minimum atomic E-state index is -0.953. The lowest BCUT2D eigenvalue weighted by molar-refractivity contribution is -0.144. The van der Waals surface area contributed by atoms with Crippen LogP contribution >= 0.6 is 11.3 Å². The monoisotopic (exact) mass is 959 g/mol. The van der Waals surface area contributed by atoms with Gasteiger partial charge in [-0.1, -0.05) is 125 Å². The average Bonchev–Trinajstić information content (AvgIpc) is 3.97. The predicted octanol–water partition coefficient (Wildman–Crippen LogP) is 7.66. The summed E-state index contributed by atoms with van der Waals surface area (Å²) in [4.78, 5) is 49.3. The number of ether oxygens (including phenoxy) is 4. The number of aromatic nitrogens is 1. The van der Waals surface area contributed by atoms with Gasteiger partial charge in [0.25, 0.3) is 0 Å². The third-order valence-corrected chi connectivity index (χ3v) is 13.0. The highest BCUT2D eigenvalue weighted by molar-refractivity contribution is 7.13. The maximum atomic E-state index is 14.0. The first-order chi connectivity index (χ1) is 33.3. The average molecular weight is 960 g/mol. The summed E-state index contributed by atoms with van der Waals surface area (Å²) in [6, 6.07) is 35.5. The van der Waals surface area contributed by atoms with Gasteiger partial charge in [-0.05, 0) is 76.9 Å². The van der Waals surface area contributed by atoms with Crippen LogP contribution < -0.4 is 15.4 Å². The molecule has 1 aromatic heterocycles. The number of likely N-dealkylation sites (N-methyl/N-ethyl adjacent to an activating group) is 1. The van der Waals surface area contributed by atoms with Gasteiger partial charge >= 0.3 is 0 Å². The molecule has 1 aliphatic rings. The summed E-state index contributed by atoms with van der Waals surface area (Å²) >= 11 is 1.58. The van der Waals surface area contributed by atoms with Gasteiger partial charge in [-0.25, -0.2) is 4.98 Å². The fourth-order valence-electron chi connectivity index (χ4n) is 8.24. The van der Waals surface area contributed by atoms with Crippen molar-refractivity contribution < 1.29 is 38.4 Å². The van der Waals surface area contributed by atoms with E-state index in [4.69, 9.17) is 18.9 Å². The van der Waals surface area contributed by atoms with Gasteiger partial charge in [0.1, 0.15) is 31.0 Å². The van der Waals surface area contributed by atoms with Crippen LogP contribution in [0.4, 0.5) is 0 Å². The number of amides is 3. The van der Waals surface area contributed by atoms with Crippen molar-refractivity contribution in [3.63, 3.8) is 0 Å². The fraction of sp³-hybridized carbons (Fsp3) is 0.418. The summed E-state index contributed by atoms with van der Waals surface area (Å²) in [5.41, 5.74) is 10.2. The number of likely N-dealkylation sites (tertiary alicyclic amines) is 1. The van der Waals surface area contributed by atoms with Gasteiger partial charge in [-0.2, -0.15) is 0 Å². The Kier molecular flexibility index (Phi) is 20.1. The van der Waals surface area contributed by atoms with Crippen LogP contribution in [-0.4, -0.2) is 129 Å². The van der Waals surface area contributed by atoms with E-state index in [1.54, 1.807) is 11.3 Å². The zero-order valence-corrected chi connectivity index (χ0v) is 41.8. The van der Waals surface area contributed by atoms with Crippen molar-refractivity contribution in [1.29, 1.82) is 0 Å². The molecule has 368 valence electrons. The highest BCUT2D eigenvalue weighted by atomic mass is 32.1. The van der Waals surface area contributed by atoms with Crippen molar-refractivity contribution in [3.05, 3.63) is 143 Å². The zero-order chi connectivity index (χ0) is 49.2. The Morgan fingerprint density at radius 2 is 1.42 bits per heavy atom. The largest absolute Gasteiger partial charge is 0.492 e. The third-order valence-electron chi connectivity index (χ3n) is 12.0. The molecule has 14 heteroatoms. The maximum Gasteiger partial charge on any atom is 0.246 e. The summed E-state index contributed by atoms with van der Waals surface area (Å²) in [5, 5.41) is 16.3. The molecular weight excluding hydrogens is 891 g/mol. The molecule has 3 N–H and O–H groups in total. The number of nitrogens with zero attached hydrogens (tertiary/aromatic N) is 3. The highest BCUT2D eigenvalue weighted by Gasteiger charge is 2.44. The normalized spacial score (nSPS) is 15.7. The van der Waals surface area contributed by atoms with Crippen molar-refractivity contribution >= 4 is 40.2 Å². The van der Waals surface area contributed by atoms with Gasteiger partial charge in [-0.15, -0.1) is 11.3 Å². The number of benzene rings is 4. The molecule has 0 radical (unpaired) electrons. The van der Waals surface area contributed by atoms with E-state index in [-0.39, 0.29) is 45.2 Å². The maximum absolute atomic E-state index is 14.0. The standard InChI is InChI=1S/C55H69N5O8S/c1-7-47(41-14-10-8-11-15-41)50(42-16-12-9-13-17-42)43-22-24-46(25-23-43)68-29-27-59(6)26-28-65-30-31-66-32-33-67-37-49(62)58-52(55(3,4)5)54(64)60-36-45(61)34-48(60)53(63)56-35-40-18-20-44(21-19-40)51-39(2)57-38-69-51/h8-25,38,45,48,52,61H,7,26-37H2,1-6H3,(H,56,63)(H,58,62)/t45-,48+,52-/m1/s1. The number of aliphatic hydroxyl groups excluding tert-OH is 1. The first-order valence-electron chi connectivity index (χ1n) is 23.9. The molecule has 1 fully saturated rings. The van der Waals surface area contributed by atoms with Gasteiger partial charge in [0.15, 0.2) is 0 Å². The first-order valence-corrected chi connectivity index (χ1v) is 24.7. The summed E-state index contributed by atoms with van der Waals surface area (Å²) in [6.45, 7) is 13.5. The number of hydrogen-bond acceptors (Lipinski definition) is 11. The number of nitrogens with one attached hydrogen (secondary N) is 2. The summed E-state index contributed by atoms with van der Waals surface area (Å²) in [7, 11) is 2.03. The smallest absolute Gasteiger partial charge is 0.246 e. The third kappa shape index (κ3) is 15.6. The van der Waals surface area contributed by atoms with E-state index in [0.29, 0.717) is 26.4 Å². The molecular formula is C55H69N5O8S. The van der Waals surface area contributed by atoms with Gasteiger partial charge in [-0.3, -0.25) is 14.4 Å². The Morgan fingerprint density at radius 1 is 0.812 bits per heavy atom. The van der Waals surface area contributed by atoms with Gasteiger partial charge in [0, 0.05) is 32.6 Å². The molecule has 0 bridgehead atoms. The minimum absolute atomic E-state index is 0.00707. The number of hydrogen-bond donors (Lipinski definition) is 3. The van der Waals surface area contributed by atoms with Crippen LogP contribution in [-0.2, 0) is 35.1 Å². The Hall–Kier alpha value is -5.74. The van der Waals surface area contributed by atoms with E-state index in [1.165, 1.54) is 27.2 Å². The lowest BCUT2D eigenvalue weighted by Gasteiger charge is -2.35. The lowest BCUT2D eigenvalue weighted by Crippen LogP contribution is -2.58. The second kappa shape index (κ2) is 26.3. The summed E-state index contributed by atoms with van der Waals surface area (Å²) in [6.07, 6.45) is 0.151. The van der Waals surface area contributed by atoms with E-state index >= 15 is 0 Å². The number of allylic oxidation sites excluding steroid dienone is 1. The molecule has 2 heterocycles. The van der Waals surface area contributed by atoms with Crippen LogP contribution in [0.15, 0.2) is 115 Å². The summed E-state index contributed by atoms with van der Waals surface area (Å²) < 4.78 is 23.1. The zero-order valence-electron chi connectivity index (χ0n) is 40.9. The number of β-amino-alcohol motifs (C(OH)–C–C–N with tert-alkyl or cyclic N) is 1. The fourth-order valence-corrected chi connectivity index (χ4v) is 9.05. The topological polar surface area (TPSA) is 152 Å².